The minimum atomic E-state index is -0.0704. The van der Waals surface area contributed by atoms with Gasteiger partial charge in [-0.2, -0.15) is 0 Å². The molecule has 2 rings (SSSR count). The topological polar surface area (TPSA) is 32.3 Å². The molecule has 0 saturated heterocycles. The second kappa shape index (κ2) is 5.16. The van der Waals surface area contributed by atoms with Crippen LogP contribution in [0.4, 0.5) is 5.69 Å². The molecular weight excluding hydrogens is 301 g/mol. The quantitative estimate of drug-likeness (QED) is 0.822. The van der Waals surface area contributed by atoms with Crippen LogP contribution in [0.15, 0.2) is 24.3 Å². The summed E-state index contributed by atoms with van der Waals surface area (Å²) in [7, 11) is 0. The van der Waals surface area contributed by atoms with Crippen molar-refractivity contribution in [1.29, 1.82) is 0 Å². The molecule has 82 valence electrons. The highest BCUT2D eigenvalue weighted by molar-refractivity contribution is 14.1. The molecule has 2 nitrogen and oxygen atoms in total. The second-order valence-corrected chi connectivity index (χ2v) is 5.41. The van der Waals surface area contributed by atoms with Crippen molar-refractivity contribution in [3.63, 3.8) is 0 Å². The largest absolute Gasteiger partial charge is 0.393 e. The Kier molecular flexibility index (Phi) is 3.86. The summed E-state index contributed by atoms with van der Waals surface area (Å²) in [4.78, 5) is 0. The van der Waals surface area contributed by atoms with E-state index < -0.39 is 0 Å². The average molecular weight is 317 g/mol. The fourth-order valence-corrected chi connectivity index (χ4v) is 2.58. The van der Waals surface area contributed by atoms with Gasteiger partial charge in [-0.3, -0.25) is 0 Å². The molecule has 1 aliphatic rings. The van der Waals surface area contributed by atoms with Gasteiger partial charge in [0.05, 0.1) is 6.10 Å². The molecule has 1 aromatic carbocycles. The van der Waals surface area contributed by atoms with Crippen LogP contribution in [0.5, 0.6) is 0 Å². The highest BCUT2D eigenvalue weighted by atomic mass is 127. The summed E-state index contributed by atoms with van der Waals surface area (Å²) in [6, 6.07) is 8.96. The van der Waals surface area contributed by atoms with Crippen molar-refractivity contribution in [1.82, 2.24) is 0 Å². The number of nitrogens with one attached hydrogen (secondary N) is 1. The maximum absolute atomic E-state index is 9.41. The van der Waals surface area contributed by atoms with E-state index in [1.54, 1.807) is 0 Å². The Morgan fingerprint density at radius 3 is 2.60 bits per heavy atom. The van der Waals surface area contributed by atoms with Crippen molar-refractivity contribution >= 4 is 28.3 Å². The smallest absolute Gasteiger partial charge is 0.0541 e. The SMILES string of the molecule is OC1CCC(Nc2cccc(I)c2)CC1. The van der Waals surface area contributed by atoms with Gasteiger partial charge in [-0.05, 0) is 66.5 Å². The van der Waals surface area contributed by atoms with E-state index in [0.29, 0.717) is 6.04 Å². The van der Waals surface area contributed by atoms with Gasteiger partial charge in [0.25, 0.3) is 0 Å². The van der Waals surface area contributed by atoms with Gasteiger partial charge >= 0.3 is 0 Å². The van der Waals surface area contributed by atoms with E-state index >= 15 is 0 Å². The molecule has 0 bridgehead atoms. The number of benzene rings is 1. The summed E-state index contributed by atoms with van der Waals surface area (Å²) in [5.74, 6) is 0. The van der Waals surface area contributed by atoms with Crippen molar-refractivity contribution < 1.29 is 5.11 Å². The highest BCUT2D eigenvalue weighted by Crippen LogP contribution is 2.22. The Hall–Kier alpha value is -0.290. The minimum absolute atomic E-state index is 0.0704. The van der Waals surface area contributed by atoms with E-state index in [4.69, 9.17) is 0 Å². The lowest BCUT2D eigenvalue weighted by molar-refractivity contribution is 0.126. The number of anilines is 1. The number of hydrogen-bond acceptors (Lipinski definition) is 2. The van der Waals surface area contributed by atoms with Crippen molar-refractivity contribution in [3.8, 4) is 0 Å². The van der Waals surface area contributed by atoms with Crippen LogP contribution in [0, 0.1) is 3.57 Å². The summed E-state index contributed by atoms with van der Waals surface area (Å²) in [5.41, 5.74) is 1.20. The summed E-state index contributed by atoms with van der Waals surface area (Å²) in [6.45, 7) is 0. The van der Waals surface area contributed by atoms with E-state index in [1.165, 1.54) is 9.26 Å². The van der Waals surface area contributed by atoms with Crippen LogP contribution in [0.3, 0.4) is 0 Å². The van der Waals surface area contributed by atoms with Gasteiger partial charge in [-0.15, -0.1) is 0 Å². The third-order valence-corrected chi connectivity index (χ3v) is 3.56. The van der Waals surface area contributed by atoms with E-state index in [2.05, 4.69) is 52.2 Å². The molecule has 15 heavy (non-hydrogen) atoms. The second-order valence-electron chi connectivity index (χ2n) is 4.16. The fraction of sp³-hybridized carbons (Fsp3) is 0.500. The first-order valence-corrected chi connectivity index (χ1v) is 6.52. The average Bonchev–Trinajstić information content (AvgIpc) is 2.22. The Labute approximate surface area is 104 Å². The first-order chi connectivity index (χ1) is 7.24. The zero-order valence-electron chi connectivity index (χ0n) is 8.62. The number of hydrogen-bond donors (Lipinski definition) is 2. The van der Waals surface area contributed by atoms with Gasteiger partial charge < -0.3 is 10.4 Å². The number of halogens is 1. The number of aliphatic hydroxyl groups excluding tert-OH is 1. The van der Waals surface area contributed by atoms with Crippen LogP contribution in [-0.4, -0.2) is 17.3 Å². The lowest BCUT2D eigenvalue weighted by Gasteiger charge is -2.27. The number of rotatable bonds is 2. The highest BCUT2D eigenvalue weighted by Gasteiger charge is 2.18. The van der Waals surface area contributed by atoms with Crippen LogP contribution in [0.25, 0.3) is 0 Å². The molecule has 0 unspecified atom stereocenters. The van der Waals surface area contributed by atoms with Crippen LogP contribution in [-0.2, 0) is 0 Å². The van der Waals surface area contributed by atoms with Gasteiger partial charge in [0, 0.05) is 15.3 Å². The van der Waals surface area contributed by atoms with Crippen molar-refractivity contribution in [2.24, 2.45) is 0 Å². The third-order valence-electron chi connectivity index (χ3n) is 2.89. The van der Waals surface area contributed by atoms with Gasteiger partial charge in [0.1, 0.15) is 0 Å². The van der Waals surface area contributed by atoms with Crippen LogP contribution >= 0.6 is 22.6 Å². The minimum Gasteiger partial charge on any atom is -0.393 e. The molecule has 0 heterocycles. The predicted molar refractivity (Wildman–Crippen MR) is 71.0 cm³/mol. The lowest BCUT2D eigenvalue weighted by Crippen LogP contribution is -2.28. The Morgan fingerprint density at radius 1 is 1.20 bits per heavy atom. The molecule has 1 aliphatic carbocycles. The monoisotopic (exact) mass is 317 g/mol. The van der Waals surface area contributed by atoms with E-state index in [-0.39, 0.29) is 6.10 Å². The van der Waals surface area contributed by atoms with Gasteiger partial charge in [0.15, 0.2) is 0 Å². The maximum atomic E-state index is 9.41. The molecule has 1 saturated carbocycles. The Morgan fingerprint density at radius 2 is 1.93 bits per heavy atom. The maximum Gasteiger partial charge on any atom is 0.0541 e. The van der Waals surface area contributed by atoms with Crippen LogP contribution < -0.4 is 5.32 Å². The predicted octanol–water partition coefficient (Wildman–Crippen LogP) is 3.01. The lowest BCUT2D eigenvalue weighted by atomic mass is 9.93. The third kappa shape index (κ3) is 3.34. The van der Waals surface area contributed by atoms with Gasteiger partial charge in [0.2, 0.25) is 0 Å². The molecule has 3 heteroatoms. The first-order valence-electron chi connectivity index (χ1n) is 5.44. The first kappa shape index (κ1) is 11.2. The summed E-state index contributed by atoms with van der Waals surface area (Å²) in [5, 5.41) is 12.9. The Balaban J connectivity index is 1.92. The molecule has 2 N–H and O–H groups in total. The molecule has 0 aliphatic heterocycles. The van der Waals surface area contributed by atoms with Crippen molar-refractivity contribution in [2.75, 3.05) is 5.32 Å². The molecular formula is C12H16INO. The summed E-state index contributed by atoms with van der Waals surface area (Å²) >= 11 is 2.32. The van der Waals surface area contributed by atoms with Crippen molar-refractivity contribution in [2.45, 2.75) is 37.8 Å². The van der Waals surface area contributed by atoms with Crippen LogP contribution in [0.1, 0.15) is 25.7 Å². The molecule has 0 amide bonds. The van der Waals surface area contributed by atoms with E-state index in [1.807, 2.05) is 0 Å². The fourth-order valence-electron chi connectivity index (χ4n) is 2.03. The zero-order chi connectivity index (χ0) is 10.7. The molecule has 1 fully saturated rings. The molecule has 0 spiro atoms. The molecule has 0 atom stereocenters. The van der Waals surface area contributed by atoms with E-state index in [0.717, 1.165) is 25.7 Å². The van der Waals surface area contributed by atoms with Gasteiger partial charge in [-0.1, -0.05) is 6.07 Å². The zero-order valence-corrected chi connectivity index (χ0v) is 10.8. The molecule has 0 aromatic heterocycles. The van der Waals surface area contributed by atoms with Crippen molar-refractivity contribution in [3.05, 3.63) is 27.8 Å². The Bertz CT molecular complexity index is 321. The standard InChI is InChI=1S/C12H16INO/c13-9-2-1-3-11(8-9)14-10-4-6-12(15)7-5-10/h1-3,8,10,12,14-15H,4-7H2. The van der Waals surface area contributed by atoms with Gasteiger partial charge in [-0.25, -0.2) is 0 Å². The summed E-state index contributed by atoms with van der Waals surface area (Å²) in [6.07, 6.45) is 3.95. The summed E-state index contributed by atoms with van der Waals surface area (Å²) < 4.78 is 1.26. The molecule has 1 aromatic rings. The number of aliphatic hydroxyl groups is 1. The van der Waals surface area contributed by atoms with E-state index in [9.17, 15) is 5.11 Å². The molecule has 0 radical (unpaired) electrons. The van der Waals surface area contributed by atoms with Crippen LogP contribution in [0.2, 0.25) is 0 Å². The normalized spacial score (nSPS) is 26.3.